The molecule has 0 spiro atoms. The maximum Gasteiger partial charge on any atom is 0.137 e. The van der Waals surface area contributed by atoms with Crippen LogP contribution in [0, 0.1) is 0 Å². The highest BCUT2D eigenvalue weighted by atomic mass is 35.5. The third-order valence-electron chi connectivity index (χ3n) is 2.67. The maximum absolute atomic E-state index is 6.04. The van der Waals surface area contributed by atoms with Gasteiger partial charge in [-0.2, -0.15) is 0 Å². The number of benzene rings is 2. The van der Waals surface area contributed by atoms with Crippen molar-refractivity contribution in [1.29, 1.82) is 0 Å². The molecule has 0 unspecified atom stereocenters. The Bertz CT molecular complexity index is 558. The number of hydrogen-bond donors (Lipinski definition) is 1. The van der Waals surface area contributed by atoms with Gasteiger partial charge >= 0.3 is 0 Å². The molecule has 0 saturated heterocycles. The zero-order chi connectivity index (χ0) is 14.4. The van der Waals surface area contributed by atoms with E-state index in [4.69, 9.17) is 32.7 Å². The number of hydrogen-bond acceptors (Lipinski definition) is 3. The molecule has 2 rings (SSSR count). The van der Waals surface area contributed by atoms with Crippen LogP contribution in [0.25, 0.3) is 0 Å². The van der Waals surface area contributed by atoms with Crippen molar-refractivity contribution in [3.63, 3.8) is 0 Å². The first kappa shape index (κ1) is 14.8. The summed E-state index contributed by atoms with van der Waals surface area (Å²) in [4.78, 5) is 0. The van der Waals surface area contributed by atoms with E-state index in [-0.39, 0.29) is 0 Å². The summed E-state index contributed by atoms with van der Waals surface area (Å²) >= 11 is 11.8. The first-order valence-corrected chi connectivity index (χ1v) is 6.90. The summed E-state index contributed by atoms with van der Waals surface area (Å²) in [5.74, 6) is 1.46. The lowest BCUT2D eigenvalue weighted by atomic mass is 10.3. The van der Waals surface area contributed by atoms with Gasteiger partial charge in [0.1, 0.15) is 18.1 Å². The molecule has 0 aliphatic heterocycles. The van der Waals surface area contributed by atoms with Gasteiger partial charge in [0.05, 0.1) is 12.1 Å². The van der Waals surface area contributed by atoms with E-state index in [1.807, 2.05) is 30.3 Å². The number of anilines is 1. The van der Waals surface area contributed by atoms with Gasteiger partial charge in [-0.3, -0.25) is 0 Å². The van der Waals surface area contributed by atoms with Crippen LogP contribution in [-0.2, 0) is 0 Å². The molecule has 2 aromatic carbocycles. The second kappa shape index (κ2) is 7.27. The van der Waals surface area contributed by atoms with Crippen molar-refractivity contribution >= 4 is 28.9 Å². The summed E-state index contributed by atoms with van der Waals surface area (Å²) in [5.41, 5.74) is 0.926. The van der Waals surface area contributed by atoms with Crippen molar-refractivity contribution < 1.29 is 9.47 Å². The van der Waals surface area contributed by atoms with Crippen LogP contribution in [0.3, 0.4) is 0 Å². The Hall–Kier alpha value is -1.58. The molecule has 0 saturated carbocycles. The second-order valence-corrected chi connectivity index (χ2v) is 4.92. The minimum atomic E-state index is 0.547. The fourth-order valence-corrected chi connectivity index (χ4v) is 2.06. The molecule has 0 radical (unpaired) electrons. The lowest BCUT2D eigenvalue weighted by molar-refractivity contribution is 0.333. The van der Waals surface area contributed by atoms with Crippen LogP contribution in [-0.4, -0.2) is 20.3 Å². The maximum atomic E-state index is 6.04. The van der Waals surface area contributed by atoms with E-state index in [9.17, 15) is 0 Å². The fourth-order valence-electron chi connectivity index (χ4n) is 1.67. The molecule has 20 heavy (non-hydrogen) atoms. The SMILES string of the molecule is COc1ccc(NCCOc2ccc(Cl)cc2)cc1Cl. The fraction of sp³-hybridized carbons (Fsp3) is 0.200. The molecule has 0 bridgehead atoms. The van der Waals surface area contributed by atoms with Crippen molar-refractivity contribution in [2.45, 2.75) is 0 Å². The predicted molar refractivity (Wildman–Crippen MR) is 83.4 cm³/mol. The van der Waals surface area contributed by atoms with Crippen LogP contribution in [0.1, 0.15) is 0 Å². The highest BCUT2D eigenvalue weighted by Gasteiger charge is 2.01. The van der Waals surface area contributed by atoms with Gasteiger partial charge in [0.25, 0.3) is 0 Å². The quantitative estimate of drug-likeness (QED) is 0.797. The molecule has 2 aromatic rings. The first-order chi connectivity index (χ1) is 9.69. The number of halogens is 2. The Morgan fingerprint density at radius 2 is 1.80 bits per heavy atom. The normalized spacial score (nSPS) is 10.2. The average molecular weight is 312 g/mol. The number of rotatable bonds is 6. The molecule has 0 aromatic heterocycles. The van der Waals surface area contributed by atoms with Crippen LogP contribution in [0.4, 0.5) is 5.69 Å². The van der Waals surface area contributed by atoms with Crippen molar-refractivity contribution in [1.82, 2.24) is 0 Å². The van der Waals surface area contributed by atoms with Crippen LogP contribution < -0.4 is 14.8 Å². The van der Waals surface area contributed by atoms with E-state index in [0.717, 1.165) is 11.4 Å². The monoisotopic (exact) mass is 311 g/mol. The van der Waals surface area contributed by atoms with Crippen LogP contribution in [0.15, 0.2) is 42.5 Å². The van der Waals surface area contributed by atoms with Gasteiger partial charge in [0.2, 0.25) is 0 Å². The van der Waals surface area contributed by atoms with E-state index in [1.165, 1.54) is 0 Å². The van der Waals surface area contributed by atoms with Gasteiger partial charge in [0, 0.05) is 17.3 Å². The number of nitrogens with one attached hydrogen (secondary N) is 1. The lowest BCUT2D eigenvalue weighted by Crippen LogP contribution is -2.11. The van der Waals surface area contributed by atoms with Crippen molar-refractivity contribution in [2.24, 2.45) is 0 Å². The predicted octanol–water partition coefficient (Wildman–Crippen LogP) is 4.49. The zero-order valence-corrected chi connectivity index (χ0v) is 12.5. The summed E-state index contributed by atoms with van der Waals surface area (Å²) < 4.78 is 10.7. The topological polar surface area (TPSA) is 30.5 Å². The summed E-state index contributed by atoms with van der Waals surface area (Å²) in [7, 11) is 1.59. The molecular weight excluding hydrogens is 297 g/mol. The Morgan fingerprint density at radius 3 is 2.45 bits per heavy atom. The molecule has 0 aliphatic rings. The zero-order valence-electron chi connectivity index (χ0n) is 11.0. The van der Waals surface area contributed by atoms with Crippen LogP contribution in [0.2, 0.25) is 10.0 Å². The molecular formula is C15H15Cl2NO2. The average Bonchev–Trinajstić information content (AvgIpc) is 2.46. The van der Waals surface area contributed by atoms with E-state index < -0.39 is 0 Å². The molecule has 0 atom stereocenters. The Kier molecular flexibility index (Phi) is 5.39. The minimum Gasteiger partial charge on any atom is -0.495 e. The highest BCUT2D eigenvalue weighted by Crippen LogP contribution is 2.27. The summed E-state index contributed by atoms with van der Waals surface area (Å²) in [5, 5.41) is 4.50. The Balaban J connectivity index is 1.78. The van der Waals surface area contributed by atoms with Gasteiger partial charge in [0.15, 0.2) is 0 Å². The first-order valence-electron chi connectivity index (χ1n) is 6.15. The summed E-state index contributed by atoms with van der Waals surface area (Å²) in [6.45, 7) is 1.22. The van der Waals surface area contributed by atoms with Crippen molar-refractivity contribution in [3.05, 3.63) is 52.5 Å². The van der Waals surface area contributed by atoms with Gasteiger partial charge in [-0.15, -0.1) is 0 Å². The minimum absolute atomic E-state index is 0.547. The molecule has 0 aliphatic carbocycles. The molecule has 0 fully saturated rings. The van der Waals surface area contributed by atoms with E-state index in [2.05, 4.69) is 5.32 Å². The lowest BCUT2D eigenvalue weighted by Gasteiger charge is -2.10. The summed E-state index contributed by atoms with van der Waals surface area (Å²) in [6.07, 6.45) is 0. The molecule has 0 amide bonds. The van der Waals surface area contributed by atoms with E-state index >= 15 is 0 Å². The molecule has 0 heterocycles. The van der Waals surface area contributed by atoms with Crippen molar-refractivity contribution in [2.75, 3.05) is 25.6 Å². The van der Waals surface area contributed by atoms with Gasteiger partial charge in [-0.25, -0.2) is 0 Å². The summed E-state index contributed by atoms with van der Waals surface area (Å²) in [6, 6.07) is 12.8. The Morgan fingerprint density at radius 1 is 1.05 bits per heavy atom. The van der Waals surface area contributed by atoms with Crippen LogP contribution >= 0.6 is 23.2 Å². The van der Waals surface area contributed by atoms with Crippen molar-refractivity contribution in [3.8, 4) is 11.5 Å². The number of methoxy groups -OCH3 is 1. The molecule has 1 N–H and O–H groups in total. The third kappa shape index (κ3) is 4.22. The van der Waals surface area contributed by atoms with Gasteiger partial charge < -0.3 is 14.8 Å². The van der Waals surface area contributed by atoms with E-state index in [0.29, 0.717) is 28.9 Å². The third-order valence-corrected chi connectivity index (χ3v) is 3.21. The smallest absolute Gasteiger partial charge is 0.137 e. The number of ether oxygens (including phenoxy) is 2. The highest BCUT2D eigenvalue weighted by molar-refractivity contribution is 6.32. The standard InChI is InChI=1S/C15H15Cl2NO2/c1-19-15-7-4-12(10-14(15)17)18-8-9-20-13-5-2-11(16)3-6-13/h2-7,10,18H,8-9H2,1H3. The molecule has 106 valence electrons. The Labute approximate surface area is 128 Å². The van der Waals surface area contributed by atoms with Gasteiger partial charge in [-0.1, -0.05) is 23.2 Å². The largest absolute Gasteiger partial charge is 0.495 e. The molecule has 5 heteroatoms. The van der Waals surface area contributed by atoms with Crippen LogP contribution in [0.5, 0.6) is 11.5 Å². The molecule has 3 nitrogen and oxygen atoms in total. The van der Waals surface area contributed by atoms with E-state index in [1.54, 1.807) is 19.2 Å². The van der Waals surface area contributed by atoms with Gasteiger partial charge in [-0.05, 0) is 42.5 Å². The second-order valence-electron chi connectivity index (χ2n) is 4.08.